The number of benzene rings is 1. The molecule has 0 unspecified atom stereocenters. The Morgan fingerprint density at radius 2 is 2.30 bits per heavy atom. The number of halogens is 1. The predicted octanol–water partition coefficient (Wildman–Crippen LogP) is 1.83. The molecule has 0 aromatic heterocycles. The monoisotopic (exact) mass is 297 g/mol. The van der Waals surface area contributed by atoms with Gasteiger partial charge in [-0.2, -0.15) is 30.3 Å². The van der Waals surface area contributed by atoms with E-state index in [4.69, 9.17) is 5.73 Å². The van der Waals surface area contributed by atoms with Gasteiger partial charge in [0.05, 0.1) is 0 Å². The van der Waals surface area contributed by atoms with Crippen LogP contribution in [0.15, 0.2) is 24.3 Å². The van der Waals surface area contributed by atoms with Crippen molar-refractivity contribution in [1.29, 1.82) is 0 Å². The molecule has 0 heterocycles. The van der Waals surface area contributed by atoms with E-state index in [2.05, 4.69) is 25.8 Å². The number of rotatable bonds is 1. The summed E-state index contributed by atoms with van der Waals surface area (Å²) in [7, 11) is 0. The predicted molar refractivity (Wildman–Crippen MR) is 47.2 cm³/mol. The van der Waals surface area contributed by atoms with Crippen molar-refractivity contribution in [3.63, 3.8) is 0 Å². The van der Waals surface area contributed by atoms with Gasteiger partial charge in [-0.05, 0) is 6.54 Å². The van der Waals surface area contributed by atoms with Gasteiger partial charge in [0.15, 0.2) is 0 Å². The van der Waals surface area contributed by atoms with Gasteiger partial charge in [0.1, 0.15) is 0 Å². The first-order valence-electron chi connectivity index (χ1n) is 2.85. The summed E-state index contributed by atoms with van der Waals surface area (Å²) in [5, 5.41) is 0. The van der Waals surface area contributed by atoms with E-state index in [0.717, 1.165) is 5.56 Å². The van der Waals surface area contributed by atoms with Gasteiger partial charge < -0.3 is 5.73 Å². The fourth-order valence-corrected chi connectivity index (χ4v) is 0.557. The molecule has 0 saturated heterocycles. The summed E-state index contributed by atoms with van der Waals surface area (Å²) in [6.45, 7) is 0.608. The van der Waals surface area contributed by atoms with E-state index in [1.165, 1.54) is 14.8 Å². The Balaban J connectivity index is 0.000000371. The Morgan fingerprint density at radius 3 is 2.60 bits per heavy atom. The molecule has 10 heavy (non-hydrogen) atoms. The maximum absolute atomic E-state index is 5.33. The standard InChI is InChI=1S/C7H8N.HI.Zn/c8-6-7-4-2-1-3-5-7;;/h1-2,4-5H,6,8H2;1H;/q-1;;+2/p-1. The summed E-state index contributed by atoms with van der Waals surface area (Å²) in [6.07, 6.45) is 0. The second-order valence-electron chi connectivity index (χ2n) is 1.62. The minimum atomic E-state index is 0.608. The molecule has 50 valence electrons. The molecule has 0 aliphatic heterocycles. The molecule has 1 nitrogen and oxygen atoms in total. The van der Waals surface area contributed by atoms with E-state index in [-0.39, 0.29) is 0 Å². The van der Waals surface area contributed by atoms with Crippen molar-refractivity contribution in [3.05, 3.63) is 35.9 Å². The number of hydrogen-bond donors (Lipinski definition) is 1. The van der Waals surface area contributed by atoms with Crippen LogP contribution in [0.1, 0.15) is 5.56 Å². The zero-order chi connectivity index (χ0) is 7.82. The SMILES string of the molecule is NCc1c[c-]ccc1.[Zn+][I]. The van der Waals surface area contributed by atoms with Crippen LogP contribution in [0.4, 0.5) is 0 Å². The maximum atomic E-state index is 5.33. The molecule has 0 radical (unpaired) electrons. The Hall–Kier alpha value is 0.533. The van der Waals surface area contributed by atoms with Crippen LogP contribution in [0.25, 0.3) is 0 Å². The van der Waals surface area contributed by atoms with E-state index in [1.807, 2.05) is 24.3 Å². The van der Waals surface area contributed by atoms with Gasteiger partial charge in [-0.25, -0.2) is 0 Å². The van der Waals surface area contributed by atoms with Gasteiger partial charge in [-0.3, -0.25) is 0 Å². The van der Waals surface area contributed by atoms with E-state index < -0.39 is 0 Å². The first-order chi connectivity index (χ1) is 4.93. The van der Waals surface area contributed by atoms with Gasteiger partial charge in [0.25, 0.3) is 0 Å². The quantitative estimate of drug-likeness (QED) is 0.478. The topological polar surface area (TPSA) is 26.0 Å². The second kappa shape index (κ2) is 7.64. The first kappa shape index (κ1) is 10.5. The third-order valence-corrected chi connectivity index (χ3v) is 1.01. The molecule has 0 amide bonds. The summed E-state index contributed by atoms with van der Waals surface area (Å²) < 4.78 is 0. The second-order valence-corrected chi connectivity index (χ2v) is 1.62. The minimum absolute atomic E-state index is 0.608. The average Bonchev–Trinajstić information content (AvgIpc) is 2.10. The van der Waals surface area contributed by atoms with Crippen molar-refractivity contribution >= 4 is 19.8 Å². The zero-order valence-electron chi connectivity index (χ0n) is 5.68. The molecule has 0 fully saturated rings. The Morgan fingerprint density at radius 1 is 1.60 bits per heavy atom. The number of hydrogen-bond acceptors (Lipinski definition) is 1. The summed E-state index contributed by atoms with van der Waals surface area (Å²) >= 11 is 3.62. The molecular weight excluding hydrogens is 290 g/mol. The van der Waals surface area contributed by atoms with Crippen molar-refractivity contribution in [3.8, 4) is 0 Å². The molecule has 3 heteroatoms. The zero-order valence-corrected chi connectivity index (χ0v) is 10.8. The van der Waals surface area contributed by atoms with E-state index >= 15 is 0 Å². The Kier molecular flexibility index (Phi) is 8.05. The van der Waals surface area contributed by atoms with Gasteiger partial charge in [0.2, 0.25) is 0 Å². The van der Waals surface area contributed by atoms with Crippen molar-refractivity contribution in [1.82, 2.24) is 0 Å². The molecule has 1 aromatic carbocycles. The van der Waals surface area contributed by atoms with Crippen LogP contribution in [0, 0.1) is 6.07 Å². The fraction of sp³-hybridized carbons (Fsp3) is 0.143. The van der Waals surface area contributed by atoms with Crippen LogP contribution in [0.3, 0.4) is 0 Å². The fourth-order valence-electron chi connectivity index (χ4n) is 0.557. The third-order valence-electron chi connectivity index (χ3n) is 1.01. The molecule has 1 rings (SSSR count). The summed E-state index contributed by atoms with van der Waals surface area (Å²) in [5.41, 5.74) is 6.46. The first-order valence-corrected chi connectivity index (χ1v) is 11.9. The van der Waals surface area contributed by atoms with E-state index in [0.29, 0.717) is 6.54 Å². The number of nitrogens with two attached hydrogens (primary N) is 1. The van der Waals surface area contributed by atoms with Crippen molar-refractivity contribution < 1.29 is 14.8 Å². The van der Waals surface area contributed by atoms with Crippen molar-refractivity contribution in [2.75, 3.05) is 0 Å². The molecule has 0 aliphatic rings. The van der Waals surface area contributed by atoms with Crippen LogP contribution in [-0.4, -0.2) is 0 Å². The van der Waals surface area contributed by atoms with Crippen molar-refractivity contribution in [2.24, 2.45) is 5.73 Å². The van der Waals surface area contributed by atoms with Crippen molar-refractivity contribution in [2.45, 2.75) is 6.54 Å². The molecule has 0 saturated carbocycles. The summed E-state index contributed by atoms with van der Waals surface area (Å²) in [5.74, 6) is 0. The van der Waals surface area contributed by atoms with Gasteiger partial charge in [0, 0.05) is 0 Å². The van der Waals surface area contributed by atoms with Crippen LogP contribution in [0.5, 0.6) is 0 Å². The normalized spacial score (nSPS) is 8.00. The molecule has 0 atom stereocenters. The van der Waals surface area contributed by atoms with Crippen LogP contribution in [-0.2, 0) is 21.3 Å². The van der Waals surface area contributed by atoms with Crippen LogP contribution >= 0.6 is 19.8 Å². The molecule has 0 spiro atoms. The van der Waals surface area contributed by atoms with Gasteiger partial charge in [-0.15, -0.1) is 5.56 Å². The van der Waals surface area contributed by atoms with Crippen LogP contribution < -0.4 is 5.73 Å². The molecule has 2 N–H and O–H groups in total. The van der Waals surface area contributed by atoms with Gasteiger partial charge >= 0.3 is 34.5 Å². The van der Waals surface area contributed by atoms with E-state index in [9.17, 15) is 0 Å². The average molecular weight is 298 g/mol. The van der Waals surface area contributed by atoms with Crippen LogP contribution in [0.2, 0.25) is 0 Å². The summed E-state index contributed by atoms with van der Waals surface area (Å²) in [4.78, 5) is 0. The summed E-state index contributed by atoms with van der Waals surface area (Å²) in [6, 6.07) is 10.6. The van der Waals surface area contributed by atoms with Gasteiger partial charge in [-0.1, -0.05) is 0 Å². The molecule has 0 bridgehead atoms. The molecular formula is C7H8INZn. The Labute approximate surface area is 82.2 Å². The third kappa shape index (κ3) is 4.36. The Bertz CT molecular complexity index is 155. The molecule has 1 aromatic rings. The van der Waals surface area contributed by atoms with E-state index in [1.54, 1.807) is 0 Å². The molecule has 0 aliphatic carbocycles.